The molecule has 0 saturated heterocycles. The van der Waals surface area contributed by atoms with Crippen molar-refractivity contribution in [2.75, 3.05) is 11.5 Å². The monoisotopic (exact) mass is 379 g/mol. The molecule has 3 aromatic heterocycles. The van der Waals surface area contributed by atoms with Crippen molar-refractivity contribution in [1.29, 1.82) is 0 Å². The lowest BCUT2D eigenvalue weighted by molar-refractivity contribution is -0.394. The Balaban J connectivity index is 2.28. The minimum absolute atomic E-state index is 0.531. The van der Waals surface area contributed by atoms with Crippen molar-refractivity contribution in [3.63, 3.8) is 0 Å². The first kappa shape index (κ1) is 17.0. The fraction of sp³-hybridized carbons (Fsp3) is 0. The van der Waals surface area contributed by atoms with Gasteiger partial charge in [-0.05, 0) is 19.8 Å². The number of nitro groups is 3. The van der Waals surface area contributed by atoms with Crippen molar-refractivity contribution in [2.45, 2.75) is 0 Å². The molecule has 0 radical (unpaired) electrons. The second-order valence-corrected chi connectivity index (χ2v) is 4.50. The third-order valence-corrected chi connectivity index (χ3v) is 2.94. The van der Waals surface area contributed by atoms with E-state index in [1.807, 2.05) is 0 Å². The van der Waals surface area contributed by atoms with Crippen LogP contribution in [-0.4, -0.2) is 54.3 Å². The highest BCUT2D eigenvalue weighted by atomic mass is 16.6. The quantitative estimate of drug-likeness (QED) is 0.378. The summed E-state index contributed by atoms with van der Waals surface area (Å²) in [5.74, 6) is -4.24. The molecule has 3 heterocycles. The van der Waals surface area contributed by atoms with Gasteiger partial charge in [-0.15, -0.1) is 0 Å². The largest absolute Gasteiger partial charge is 0.493 e. The maximum Gasteiger partial charge on any atom is 0.493 e. The van der Waals surface area contributed by atoms with E-state index in [9.17, 15) is 30.3 Å². The third-order valence-electron chi connectivity index (χ3n) is 2.94. The lowest BCUT2D eigenvalue weighted by atomic mass is 10.4. The van der Waals surface area contributed by atoms with Crippen molar-refractivity contribution in [3.05, 3.63) is 36.7 Å². The molecule has 0 aromatic carbocycles. The Morgan fingerprint density at radius 3 is 1.48 bits per heavy atom. The normalized spacial score (nSPS) is 10.7. The predicted molar refractivity (Wildman–Crippen MR) is 80.7 cm³/mol. The van der Waals surface area contributed by atoms with Crippen molar-refractivity contribution in [3.8, 4) is 11.6 Å². The zero-order chi connectivity index (χ0) is 19.9. The summed E-state index contributed by atoms with van der Waals surface area (Å²) in [6, 6.07) is 0. The van der Waals surface area contributed by atoms with Gasteiger partial charge in [0.05, 0.1) is 4.92 Å². The summed E-state index contributed by atoms with van der Waals surface area (Å²) in [5.41, 5.74) is 10.1. The highest BCUT2D eigenvalue weighted by molar-refractivity contribution is 5.60. The summed E-state index contributed by atoms with van der Waals surface area (Å²) >= 11 is 0. The molecule has 0 bridgehead atoms. The Morgan fingerprint density at radius 2 is 1.19 bits per heavy atom. The molecule has 4 N–H and O–H groups in total. The summed E-state index contributed by atoms with van der Waals surface area (Å²) in [6.45, 7) is 0. The Kier molecular flexibility index (Phi) is 3.72. The molecule has 0 aliphatic rings. The number of aromatic nitrogens is 8. The Bertz CT molecular complexity index is 1020. The summed E-state index contributed by atoms with van der Waals surface area (Å²) in [6.07, 6.45) is 0.803. The molecule has 0 aliphatic heterocycles. The molecule has 0 saturated carbocycles. The molecular formula is C8H5N13O6. The van der Waals surface area contributed by atoms with Crippen LogP contribution in [0.3, 0.4) is 0 Å². The standard InChI is InChI=1S/C8H5N13O6/c9-5-13-7(20(24)25)15-17(5)3-2(19(22)23)4(12-1-11-3)18-6(10)14-8(16-18)21(26)27/h1H,(H2,9,13,15)(H2,10,14,16). The summed E-state index contributed by atoms with van der Waals surface area (Å²) in [5, 5.41) is 39.9. The van der Waals surface area contributed by atoms with Gasteiger partial charge in [-0.1, -0.05) is 9.36 Å². The highest BCUT2D eigenvalue weighted by Gasteiger charge is 2.35. The molecule has 27 heavy (non-hydrogen) atoms. The zero-order valence-electron chi connectivity index (χ0n) is 12.6. The zero-order valence-corrected chi connectivity index (χ0v) is 12.6. The van der Waals surface area contributed by atoms with Crippen LogP contribution in [0.1, 0.15) is 0 Å². The van der Waals surface area contributed by atoms with Gasteiger partial charge in [-0.25, -0.2) is 9.97 Å². The molecule has 3 aromatic rings. The van der Waals surface area contributed by atoms with Crippen LogP contribution < -0.4 is 11.5 Å². The summed E-state index contributed by atoms with van der Waals surface area (Å²) in [7, 11) is 0. The molecule has 19 nitrogen and oxygen atoms in total. The van der Waals surface area contributed by atoms with E-state index >= 15 is 0 Å². The maximum absolute atomic E-state index is 11.5. The van der Waals surface area contributed by atoms with E-state index in [1.165, 1.54) is 0 Å². The molecule has 0 aliphatic carbocycles. The Hall–Kier alpha value is -4.84. The molecule has 19 heteroatoms. The van der Waals surface area contributed by atoms with Crippen LogP contribution in [0.5, 0.6) is 0 Å². The SMILES string of the molecule is Nc1nc([N+](=O)[O-])nn1-c1ncnc(-n2nc([N+](=O)[O-])nc2N)c1[N+](=O)[O-]. The first-order valence-corrected chi connectivity index (χ1v) is 6.44. The van der Waals surface area contributed by atoms with Crippen LogP contribution in [0.15, 0.2) is 6.33 Å². The molecule has 138 valence electrons. The van der Waals surface area contributed by atoms with Gasteiger partial charge in [0, 0.05) is 10.2 Å². The minimum atomic E-state index is -0.982. The topological polar surface area (TPSA) is 269 Å². The van der Waals surface area contributed by atoms with E-state index in [0.717, 1.165) is 6.33 Å². The smallest absolute Gasteiger partial charge is 0.390 e. The van der Waals surface area contributed by atoms with E-state index in [2.05, 4.69) is 30.1 Å². The van der Waals surface area contributed by atoms with Gasteiger partial charge in [0.15, 0.2) is 0 Å². The van der Waals surface area contributed by atoms with Gasteiger partial charge in [0.2, 0.25) is 0 Å². The number of nitrogen functional groups attached to an aromatic ring is 2. The van der Waals surface area contributed by atoms with Crippen molar-refractivity contribution >= 4 is 29.5 Å². The lowest BCUT2D eigenvalue weighted by Gasteiger charge is -2.03. The third kappa shape index (κ3) is 2.75. The number of nitrogens with two attached hydrogens (primary N) is 2. The van der Waals surface area contributed by atoms with Crippen LogP contribution in [-0.2, 0) is 0 Å². The molecule has 0 atom stereocenters. The molecule has 0 unspecified atom stereocenters. The second kappa shape index (κ2) is 5.91. The van der Waals surface area contributed by atoms with Crippen LogP contribution in [0.2, 0.25) is 0 Å². The average Bonchev–Trinajstić information content (AvgIpc) is 3.17. The minimum Gasteiger partial charge on any atom is -0.390 e. The summed E-state index contributed by atoms with van der Waals surface area (Å²) < 4.78 is 1.06. The van der Waals surface area contributed by atoms with Gasteiger partial charge in [-0.2, -0.15) is 0 Å². The fourth-order valence-electron chi connectivity index (χ4n) is 1.93. The second-order valence-electron chi connectivity index (χ2n) is 4.50. The van der Waals surface area contributed by atoms with Gasteiger partial charge in [-0.3, -0.25) is 10.1 Å². The molecule has 0 spiro atoms. The van der Waals surface area contributed by atoms with Gasteiger partial charge in [0.25, 0.3) is 11.6 Å². The number of hydrogen-bond acceptors (Lipinski definition) is 14. The molecule has 3 rings (SSSR count). The van der Waals surface area contributed by atoms with Crippen molar-refractivity contribution in [1.82, 2.24) is 39.5 Å². The van der Waals surface area contributed by atoms with Crippen molar-refractivity contribution in [2.24, 2.45) is 0 Å². The van der Waals surface area contributed by atoms with Gasteiger partial charge in [0.1, 0.15) is 6.33 Å². The Morgan fingerprint density at radius 1 is 0.778 bits per heavy atom. The van der Waals surface area contributed by atoms with Crippen molar-refractivity contribution < 1.29 is 14.8 Å². The number of nitrogens with zero attached hydrogens (tertiary/aromatic N) is 11. The van der Waals surface area contributed by atoms with E-state index in [1.54, 1.807) is 0 Å². The predicted octanol–water partition coefficient (Wildman–Crippen LogP) is -1.47. The number of rotatable bonds is 5. The lowest BCUT2D eigenvalue weighted by Crippen LogP contribution is -2.14. The van der Waals surface area contributed by atoms with E-state index in [-0.39, 0.29) is 0 Å². The molecular weight excluding hydrogens is 374 g/mol. The number of hydrogen-bond donors (Lipinski definition) is 2. The first-order valence-electron chi connectivity index (χ1n) is 6.44. The maximum atomic E-state index is 11.5. The number of anilines is 2. The Labute approximate surface area is 144 Å². The molecule has 0 amide bonds. The van der Waals surface area contributed by atoms with E-state index < -0.39 is 55.9 Å². The first-order chi connectivity index (χ1) is 12.7. The van der Waals surface area contributed by atoms with Crippen LogP contribution in [0.25, 0.3) is 11.6 Å². The van der Waals surface area contributed by atoms with Crippen LogP contribution in [0, 0.1) is 30.3 Å². The fourth-order valence-corrected chi connectivity index (χ4v) is 1.93. The highest BCUT2D eigenvalue weighted by Crippen LogP contribution is 2.29. The van der Waals surface area contributed by atoms with Gasteiger partial charge >= 0.3 is 29.5 Å². The van der Waals surface area contributed by atoms with Crippen LogP contribution >= 0.6 is 0 Å². The molecule has 0 fully saturated rings. The van der Waals surface area contributed by atoms with E-state index in [0.29, 0.717) is 9.36 Å². The summed E-state index contributed by atoms with van der Waals surface area (Å²) in [4.78, 5) is 44.1. The average molecular weight is 379 g/mol. The van der Waals surface area contributed by atoms with Gasteiger partial charge < -0.3 is 31.7 Å². The van der Waals surface area contributed by atoms with Crippen LogP contribution in [0.4, 0.5) is 29.5 Å². The van der Waals surface area contributed by atoms with E-state index in [4.69, 9.17) is 11.5 Å².